The maximum atomic E-state index is 12.1. The average Bonchev–Trinajstić information content (AvgIpc) is 2.34. The molecule has 5 nitrogen and oxygen atoms in total. The second kappa shape index (κ2) is 7.07. The average molecular weight is 284 g/mol. The Kier molecular flexibility index (Phi) is 5.99. The SMILES string of the molecule is CC(C)OCC(=O)N1CCC(C(=O)NC(C)(C)C)CC1. The van der Waals surface area contributed by atoms with Crippen LogP contribution in [0.2, 0.25) is 0 Å². The molecule has 0 spiro atoms. The third-order valence-corrected chi connectivity index (χ3v) is 3.26. The quantitative estimate of drug-likeness (QED) is 0.852. The number of carbonyl (C=O) groups excluding carboxylic acids is 2. The highest BCUT2D eigenvalue weighted by Crippen LogP contribution is 2.18. The van der Waals surface area contributed by atoms with Gasteiger partial charge in [0.2, 0.25) is 11.8 Å². The van der Waals surface area contributed by atoms with Crippen molar-refractivity contribution in [3.8, 4) is 0 Å². The molecule has 1 N–H and O–H groups in total. The van der Waals surface area contributed by atoms with Crippen LogP contribution in [-0.2, 0) is 14.3 Å². The molecule has 0 aliphatic carbocycles. The number of piperidine rings is 1. The van der Waals surface area contributed by atoms with Gasteiger partial charge in [-0.2, -0.15) is 0 Å². The molecule has 1 fully saturated rings. The summed E-state index contributed by atoms with van der Waals surface area (Å²) in [5.41, 5.74) is -0.199. The van der Waals surface area contributed by atoms with E-state index in [0.717, 1.165) is 12.8 Å². The Morgan fingerprint density at radius 2 is 1.80 bits per heavy atom. The lowest BCUT2D eigenvalue weighted by atomic mass is 9.94. The van der Waals surface area contributed by atoms with Crippen LogP contribution < -0.4 is 5.32 Å². The third kappa shape index (κ3) is 5.90. The fourth-order valence-corrected chi connectivity index (χ4v) is 2.19. The Morgan fingerprint density at radius 1 is 1.25 bits per heavy atom. The lowest BCUT2D eigenvalue weighted by Crippen LogP contribution is -2.48. The zero-order valence-electron chi connectivity index (χ0n) is 13.4. The first-order valence-electron chi connectivity index (χ1n) is 7.40. The molecule has 1 aliphatic heterocycles. The summed E-state index contributed by atoms with van der Waals surface area (Å²) in [4.78, 5) is 25.8. The second-order valence-electron chi connectivity index (χ2n) is 6.75. The van der Waals surface area contributed by atoms with Crippen LogP contribution in [0.25, 0.3) is 0 Å². The van der Waals surface area contributed by atoms with E-state index in [2.05, 4.69) is 5.32 Å². The molecule has 0 radical (unpaired) electrons. The van der Waals surface area contributed by atoms with Crippen LogP contribution >= 0.6 is 0 Å². The summed E-state index contributed by atoms with van der Waals surface area (Å²) in [5.74, 6) is 0.140. The lowest BCUT2D eigenvalue weighted by Gasteiger charge is -2.33. The van der Waals surface area contributed by atoms with Gasteiger partial charge in [0, 0.05) is 24.5 Å². The number of likely N-dealkylation sites (tertiary alicyclic amines) is 1. The van der Waals surface area contributed by atoms with E-state index in [9.17, 15) is 9.59 Å². The van der Waals surface area contributed by atoms with Crippen LogP contribution in [0.1, 0.15) is 47.5 Å². The number of nitrogens with one attached hydrogen (secondary N) is 1. The number of ether oxygens (including phenoxy) is 1. The van der Waals surface area contributed by atoms with Gasteiger partial charge in [-0.1, -0.05) is 0 Å². The van der Waals surface area contributed by atoms with Crippen LogP contribution in [-0.4, -0.2) is 48.1 Å². The summed E-state index contributed by atoms with van der Waals surface area (Å²) in [5, 5.41) is 3.01. The second-order valence-corrected chi connectivity index (χ2v) is 6.75. The van der Waals surface area contributed by atoms with E-state index in [1.807, 2.05) is 34.6 Å². The maximum Gasteiger partial charge on any atom is 0.248 e. The summed E-state index contributed by atoms with van der Waals surface area (Å²) in [6.07, 6.45) is 1.53. The van der Waals surface area contributed by atoms with Gasteiger partial charge in [0.1, 0.15) is 6.61 Å². The first-order chi connectivity index (χ1) is 9.19. The minimum atomic E-state index is -0.199. The van der Waals surface area contributed by atoms with Gasteiger partial charge in [-0.15, -0.1) is 0 Å². The third-order valence-electron chi connectivity index (χ3n) is 3.26. The fraction of sp³-hybridized carbons (Fsp3) is 0.867. The van der Waals surface area contributed by atoms with Crippen molar-refractivity contribution in [1.82, 2.24) is 10.2 Å². The van der Waals surface area contributed by atoms with E-state index in [0.29, 0.717) is 13.1 Å². The molecular weight excluding hydrogens is 256 g/mol. The lowest BCUT2D eigenvalue weighted by molar-refractivity contribution is -0.141. The highest BCUT2D eigenvalue weighted by molar-refractivity contribution is 5.81. The minimum absolute atomic E-state index is 0.0179. The number of hydrogen-bond donors (Lipinski definition) is 1. The van der Waals surface area contributed by atoms with Crippen molar-refractivity contribution in [2.75, 3.05) is 19.7 Å². The molecule has 1 rings (SSSR count). The van der Waals surface area contributed by atoms with E-state index in [4.69, 9.17) is 4.74 Å². The Bertz CT molecular complexity index is 340. The normalized spacial score (nSPS) is 17.4. The number of rotatable bonds is 4. The fourth-order valence-electron chi connectivity index (χ4n) is 2.19. The van der Waals surface area contributed by atoms with Gasteiger partial charge in [-0.3, -0.25) is 9.59 Å². The molecule has 0 saturated carbocycles. The molecule has 0 aromatic heterocycles. The topological polar surface area (TPSA) is 58.6 Å². The summed E-state index contributed by atoms with van der Waals surface area (Å²) in [6, 6.07) is 0. The van der Waals surface area contributed by atoms with Crippen molar-refractivity contribution in [2.45, 2.75) is 59.1 Å². The molecule has 0 atom stereocenters. The van der Waals surface area contributed by atoms with E-state index < -0.39 is 0 Å². The standard InChI is InChI=1S/C15H28N2O3/c1-11(2)20-10-13(18)17-8-6-12(7-9-17)14(19)16-15(3,4)5/h11-12H,6-10H2,1-5H3,(H,16,19). The smallest absolute Gasteiger partial charge is 0.248 e. The van der Waals surface area contributed by atoms with Gasteiger partial charge in [0.25, 0.3) is 0 Å². The van der Waals surface area contributed by atoms with E-state index in [1.165, 1.54) is 0 Å². The molecule has 1 aliphatic rings. The van der Waals surface area contributed by atoms with Crippen molar-refractivity contribution >= 4 is 11.8 Å². The molecule has 1 heterocycles. The Morgan fingerprint density at radius 3 is 2.25 bits per heavy atom. The van der Waals surface area contributed by atoms with Crippen molar-refractivity contribution in [3.05, 3.63) is 0 Å². The van der Waals surface area contributed by atoms with Gasteiger partial charge in [-0.05, 0) is 47.5 Å². The van der Waals surface area contributed by atoms with Crippen molar-refractivity contribution in [1.29, 1.82) is 0 Å². The van der Waals surface area contributed by atoms with Crippen LogP contribution in [0.3, 0.4) is 0 Å². The number of carbonyl (C=O) groups is 2. The molecule has 20 heavy (non-hydrogen) atoms. The van der Waals surface area contributed by atoms with Gasteiger partial charge in [-0.25, -0.2) is 0 Å². The predicted octanol–water partition coefficient (Wildman–Crippen LogP) is 1.56. The summed E-state index contributed by atoms with van der Waals surface area (Å²) in [6.45, 7) is 11.2. The van der Waals surface area contributed by atoms with Gasteiger partial charge >= 0.3 is 0 Å². The summed E-state index contributed by atoms with van der Waals surface area (Å²) < 4.78 is 5.33. The zero-order chi connectivity index (χ0) is 15.3. The predicted molar refractivity (Wildman–Crippen MR) is 78.3 cm³/mol. The zero-order valence-corrected chi connectivity index (χ0v) is 13.4. The van der Waals surface area contributed by atoms with Crippen LogP contribution in [0.4, 0.5) is 0 Å². The van der Waals surface area contributed by atoms with Crippen LogP contribution in [0.5, 0.6) is 0 Å². The maximum absolute atomic E-state index is 12.1. The highest BCUT2D eigenvalue weighted by atomic mass is 16.5. The number of nitrogens with zero attached hydrogens (tertiary/aromatic N) is 1. The monoisotopic (exact) mass is 284 g/mol. The Labute approximate surface area is 122 Å². The van der Waals surface area contributed by atoms with Crippen LogP contribution in [0, 0.1) is 5.92 Å². The molecule has 0 unspecified atom stereocenters. The van der Waals surface area contributed by atoms with Gasteiger partial charge < -0.3 is 15.0 Å². The Hall–Kier alpha value is -1.10. The first kappa shape index (κ1) is 17.0. The Balaban J connectivity index is 2.36. The molecule has 1 saturated heterocycles. The summed E-state index contributed by atoms with van der Waals surface area (Å²) in [7, 11) is 0. The van der Waals surface area contributed by atoms with Crippen molar-refractivity contribution in [3.63, 3.8) is 0 Å². The first-order valence-corrected chi connectivity index (χ1v) is 7.40. The van der Waals surface area contributed by atoms with E-state index in [1.54, 1.807) is 4.90 Å². The summed E-state index contributed by atoms with van der Waals surface area (Å²) >= 11 is 0. The molecular formula is C15H28N2O3. The van der Waals surface area contributed by atoms with Crippen molar-refractivity contribution < 1.29 is 14.3 Å². The minimum Gasteiger partial charge on any atom is -0.369 e. The molecule has 116 valence electrons. The molecule has 0 aromatic rings. The largest absolute Gasteiger partial charge is 0.369 e. The molecule has 0 bridgehead atoms. The highest BCUT2D eigenvalue weighted by Gasteiger charge is 2.29. The van der Waals surface area contributed by atoms with E-state index >= 15 is 0 Å². The van der Waals surface area contributed by atoms with Crippen LogP contribution in [0.15, 0.2) is 0 Å². The van der Waals surface area contributed by atoms with Gasteiger partial charge in [0.15, 0.2) is 0 Å². The molecule has 2 amide bonds. The van der Waals surface area contributed by atoms with Gasteiger partial charge in [0.05, 0.1) is 6.10 Å². The number of amides is 2. The molecule has 5 heteroatoms. The van der Waals surface area contributed by atoms with Crippen molar-refractivity contribution in [2.24, 2.45) is 5.92 Å². The number of hydrogen-bond acceptors (Lipinski definition) is 3. The van der Waals surface area contributed by atoms with E-state index in [-0.39, 0.29) is 36.0 Å². The molecule has 0 aromatic carbocycles.